The summed E-state index contributed by atoms with van der Waals surface area (Å²) in [5.41, 5.74) is 0.812. The van der Waals surface area contributed by atoms with Gasteiger partial charge in [0.05, 0.1) is 18.8 Å². The Bertz CT molecular complexity index is 1630. The number of aliphatic carboxylic acids is 1. The Labute approximate surface area is 277 Å². The third kappa shape index (κ3) is 6.83. The third-order valence-corrected chi connectivity index (χ3v) is 8.10. The van der Waals surface area contributed by atoms with Crippen LogP contribution < -0.4 is 50.0 Å². The second kappa shape index (κ2) is 14.1. The van der Waals surface area contributed by atoms with Crippen molar-refractivity contribution in [3.8, 4) is 17.1 Å². The average Bonchev–Trinajstić information content (AvgIpc) is 3.52. The first-order chi connectivity index (χ1) is 20.7. The Hall–Kier alpha value is -4.11. The van der Waals surface area contributed by atoms with Crippen LogP contribution in [0, 0.1) is 0 Å². The summed E-state index contributed by atoms with van der Waals surface area (Å²) >= 11 is 1.20. The maximum atomic E-state index is 13.5. The van der Waals surface area contributed by atoms with E-state index in [1.807, 2.05) is 0 Å². The SMILES string of the molecule is COc1cccc(-c2cc(C(=O)NC(C(=O)N[C@@H]3C(=O)N4C(C(=O)[O-])=C(COC(C)=O)CS[C@H]34)c3ccccc3)no2)c1.[Na+]. The largest absolute Gasteiger partial charge is 1.00 e. The number of amides is 3. The van der Waals surface area contributed by atoms with E-state index in [0.29, 0.717) is 22.6 Å². The molecule has 0 aliphatic carbocycles. The fraction of sp³-hybridized carbons (Fsp3) is 0.241. The molecular weight excluding hydrogens is 603 g/mol. The predicted molar refractivity (Wildman–Crippen MR) is 149 cm³/mol. The molecule has 2 N–H and O–H groups in total. The molecule has 3 heterocycles. The number of methoxy groups -OCH3 is 1. The van der Waals surface area contributed by atoms with Crippen molar-refractivity contribution in [1.29, 1.82) is 0 Å². The molecule has 15 heteroatoms. The second-order valence-electron chi connectivity index (χ2n) is 9.54. The number of esters is 1. The minimum atomic E-state index is -1.60. The summed E-state index contributed by atoms with van der Waals surface area (Å²) in [6.45, 7) is 0.880. The number of rotatable bonds is 10. The molecule has 13 nitrogen and oxygen atoms in total. The minimum absolute atomic E-state index is 0. The Morgan fingerprint density at radius 3 is 2.57 bits per heavy atom. The fourth-order valence-electron chi connectivity index (χ4n) is 4.65. The predicted octanol–water partition coefficient (Wildman–Crippen LogP) is -2.21. The molecule has 1 saturated heterocycles. The molecule has 0 spiro atoms. The molecule has 3 aromatic rings. The van der Waals surface area contributed by atoms with Crippen LogP contribution in [0.15, 0.2) is 76.5 Å². The first kappa shape index (κ1) is 32.8. The maximum Gasteiger partial charge on any atom is 1.00 e. The number of aromatic nitrogens is 1. The quantitative estimate of drug-likeness (QED) is 0.141. The van der Waals surface area contributed by atoms with Gasteiger partial charge in [-0.1, -0.05) is 47.6 Å². The smallest absolute Gasteiger partial charge is 0.543 e. The summed E-state index contributed by atoms with van der Waals surface area (Å²) in [5, 5.41) is 20.3. The number of fused-ring (bicyclic) bond motifs is 1. The molecule has 5 rings (SSSR count). The molecule has 0 radical (unpaired) electrons. The van der Waals surface area contributed by atoms with Crippen molar-refractivity contribution in [2.75, 3.05) is 19.5 Å². The van der Waals surface area contributed by atoms with E-state index in [4.69, 9.17) is 14.0 Å². The van der Waals surface area contributed by atoms with Crippen molar-refractivity contribution in [2.24, 2.45) is 0 Å². The van der Waals surface area contributed by atoms with Gasteiger partial charge in [-0.25, -0.2) is 0 Å². The molecule has 3 atom stereocenters. The molecule has 0 bridgehead atoms. The number of carboxylic acid groups (broad SMARTS) is 1. The zero-order valence-corrected chi connectivity index (χ0v) is 26.7. The van der Waals surface area contributed by atoms with Crippen molar-refractivity contribution < 1.29 is 72.6 Å². The zero-order valence-electron chi connectivity index (χ0n) is 23.9. The van der Waals surface area contributed by atoms with Gasteiger partial charge in [-0.3, -0.25) is 24.1 Å². The summed E-state index contributed by atoms with van der Waals surface area (Å²) in [6, 6.07) is 14.5. The van der Waals surface area contributed by atoms with Gasteiger partial charge in [0.1, 0.15) is 29.8 Å². The van der Waals surface area contributed by atoms with Gasteiger partial charge < -0.3 is 34.5 Å². The van der Waals surface area contributed by atoms with E-state index in [1.165, 1.54) is 31.9 Å². The molecule has 1 fully saturated rings. The summed E-state index contributed by atoms with van der Waals surface area (Å²) in [4.78, 5) is 63.9. The van der Waals surface area contributed by atoms with Crippen LogP contribution in [0.4, 0.5) is 0 Å². The van der Waals surface area contributed by atoms with Gasteiger partial charge >= 0.3 is 35.5 Å². The van der Waals surface area contributed by atoms with Crippen molar-refractivity contribution >= 4 is 41.4 Å². The molecule has 3 amide bonds. The average molecular weight is 629 g/mol. The number of hydrogen-bond donors (Lipinski definition) is 2. The van der Waals surface area contributed by atoms with E-state index >= 15 is 0 Å². The monoisotopic (exact) mass is 628 g/mol. The number of thioether (sulfide) groups is 1. The summed E-state index contributed by atoms with van der Waals surface area (Å²) in [7, 11) is 1.52. The molecule has 222 valence electrons. The number of nitrogens with one attached hydrogen (secondary N) is 2. The minimum Gasteiger partial charge on any atom is -0.543 e. The van der Waals surface area contributed by atoms with Crippen LogP contribution in [0.3, 0.4) is 0 Å². The summed E-state index contributed by atoms with van der Waals surface area (Å²) < 4.78 is 15.5. The molecule has 2 aliphatic rings. The van der Waals surface area contributed by atoms with Crippen molar-refractivity contribution in [3.63, 3.8) is 0 Å². The summed E-state index contributed by atoms with van der Waals surface area (Å²) in [5.74, 6) is -3.24. The normalized spacial score (nSPS) is 17.8. The Balaban J connectivity index is 0.00000442. The molecular formula is C29H25N4NaO9S. The number of benzene rings is 2. The maximum absolute atomic E-state index is 13.5. The molecule has 2 aliphatic heterocycles. The number of carbonyl (C=O) groups excluding carboxylic acids is 5. The third-order valence-electron chi connectivity index (χ3n) is 6.76. The number of ether oxygens (including phenoxy) is 2. The zero-order chi connectivity index (χ0) is 30.7. The van der Waals surface area contributed by atoms with Gasteiger partial charge in [-0.2, -0.15) is 0 Å². The number of carbonyl (C=O) groups is 5. The van der Waals surface area contributed by atoms with Crippen LogP contribution in [0.5, 0.6) is 5.75 Å². The van der Waals surface area contributed by atoms with E-state index in [9.17, 15) is 29.1 Å². The van der Waals surface area contributed by atoms with Crippen molar-refractivity contribution in [1.82, 2.24) is 20.7 Å². The van der Waals surface area contributed by atoms with Crippen LogP contribution in [-0.4, -0.2) is 70.6 Å². The van der Waals surface area contributed by atoms with E-state index < -0.39 is 47.1 Å². The van der Waals surface area contributed by atoms with Crippen molar-refractivity contribution in [2.45, 2.75) is 24.4 Å². The molecule has 0 saturated carbocycles. The van der Waals surface area contributed by atoms with Gasteiger partial charge in [0, 0.05) is 29.9 Å². The van der Waals surface area contributed by atoms with Crippen LogP contribution in [0.2, 0.25) is 0 Å². The Morgan fingerprint density at radius 1 is 1.14 bits per heavy atom. The number of nitrogens with zero attached hydrogens (tertiary/aromatic N) is 2. The number of hydrogen-bond acceptors (Lipinski definition) is 11. The number of β-lactam (4-membered cyclic amide) rings is 1. The Morgan fingerprint density at radius 2 is 1.89 bits per heavy atom. The standard InChI is InChI=1S/C29H26N4O9S.Na/c1-15(34)41-13-18-14-43-28-23(27(37)33(28)24(18)29(38)39)31-26(36)22(16-7-4-3-5-8-16)30-25(35)20-12-21(42-32-20)17-9-6-10-19(11-17)40-2;/h3-12,22-23,28H,13-14H2,1-2H3,(H,30,35)(H,31,36)(H,38,39);/q;+1/p-1/t22?,23-,28-;/m1./s1. The fourth-order valence-corrected chi connectivity index (χ4v) is 5.98. The topological polar surface area (TPSA) is 180 Å². The first-order valence-corrected chi connectivity index (χ1v) is 14.0. The second-order valence-corrected chi connectivity index (χ2v) is 10.6. The Kier molecular flexibility index (Phi) is 10.5. The molecule has 1 aromatic heterocycles. The molecule has 1 unspecified atom stereocenters. The number of carboxylic acids is 1. The van der Waals surface area contributed by atoms with Gasteiger partial charge in [0.25, 0.3) is 11.8 Å². The molecule has 44 heavy (non-hydrogen) atoms. The van der Waals surface area contributed by atoms with E-state index in [2.05, 4.69) is 15.8 Å². The molecule has 2 aromatic carbocycles. The van der Waals surface area contributed by atoms with Crippen LogP contribution >= 0.6 is 11.8 Å². The summed E-state index contributed by atoms with van der Waals surface area (Å²) in [6.07, 6.45) is 0. The van der Waals surface area contributed by atoms with E-state index in [-0.39, 0.29) is 58.9 Å². The van der Waals surface area contributed by atoms with Crippen LogP contribution in [0.1, 0.15) is 29.0 Å². The van der Waals surface area contributed by atoms with E-state index in [1.54, 1.807) is 54.6 Å². The van der Waals surface area contributed by atoms with Gasteiger partial charge in [0.2, 0.25) is 5.91 Å². The van der Waals surface area contributed by atoms with Gasteiger partial charge in [-0.05, 0) is 17.7 Å². The van der Waals surface area contributed by atoms with Gasteiger partial charge in [-0.15, -0.1) is 11.8 Å². The van der Waals surface area contributed by atoms with Crippen LogP contribution in [-0.2, 0) is 23.9 Å². The van der Waals surface area contributed by atoms with E-state index in [0.717, 1.165) is 4.90 Å². The first-order valence-electron chi connectivity index (χ1n) is 13.0. The van der Waals surface area contributed by atoms with Crippen LogP contribution in [0.25, 0.3) is 11.3 Å². The van der Waals surface area contributed by atoms with Crippen molar-refractivity contribution in [3.05, 3.63) is 83.2 Å². The van der Waals surface area contributed by atoms with Gasteiger partial charge in [0.15, 0.2) is 11.5 Å².